The molecule has 0 amide bonds. The molecule has 4 nitrogen and oxygen atoms in total. The molecule has 4 aromatic rings. The Morgan fingerprint density at radius 1 is 0.500 bits per heavy atom. The maximum atomic E-state index is 13.5. The van der Waals surface area contributed by atoms with E-state index < -0.39 is 23.5 Å². The summed E-state index contributed by atoms with van der Waals surface area (Å²) >= 11 is 0. The largest absolute Gasteiger partial charge is 0.417 e. The Hall–Kier alpha value is -5.06. The summed E-state index contributed by atoms with van der Waals surface area (Å²) in [5.74, 6) is 0. The lowest BCUT2D eigenvalue weighted by atomic mass is 9.95. The van der Waals surface area contributed by atoms with Crippen LogP contribution in [0.3, 0.4) is 0 Å². The van der Waals surface area contributed by atoms with Crippen molar-refractivity contribution in [2.75, 3.05) is 14.1 Å². The predicted molar refractivity (Wildman–Crippen MR) is 177 cm³/mol. The molecule has 0 saturated carbocycles. The maximum absolute atomic E-state index is 13.5. The Balaban J connectivity index is 0.000000152. The van der Waals surface area contributed by atoms with Gasteiger partial charge in [-0.3, -0.25) is 0 Å². The first-order chi connectivity index (χ1) is 22.9. The van der Waals surface area contributed by atoms with Crippen molar-refractivity contribution >= 4 is 33.7 Å². The Bertz CT molecular complexity index is 1870. The van der Waals surface area contributed by atoms with E-state index in [0.717, 1.165) is 22.3 Å². The van der Waals surface area contributed by atoms with E-state index in [2.05, 4.69) is 10.9 Å². The lowest BCUT2D eigenvalue weighted by molar-refractivity contribution is -0.0696. The summed E-state index contributed by atoms with van der Waals surface area (Å²) in [6.45, 7) is 1.06. The third-order valence-electron chi connectivity index (χ3n) is 8.69. The van der Waals surface area contributed by atoms with Gasteiger partial charge in [0.2, 0.25) is 0 Å². The number of hydrogen-bond donors (Lipinski definition) is 2. The number of nitrogens with zero attached hydrogens (tertiary/aromatic N) is 2. The van der Waals surface area contributed by atoms with Crippen LogP contribution in [0.15, 0.2) is 109 Å². The van der Waals surface area contributed by atoms with Gasteiger partial charge >= 0.3 is 12.4 Å². The molecule has 8 rings (SSSR count). The first-order valence-electron chi connectivity index (χ1n) is 15.3. The van der Waals surface area contributed by atoms with Crippen molar-refractivity contribution in [2.45, 2.75) is 25.4 Å². The van der Waals surface area contributed by atoms with Gasteiger partial charge in [0.15, 0.2) is 0 Å². The van der Waals surface area contributed by atoms with Gasteiger partial charge in [0.25, 0.3) is 0 Å². The molecular weight excluding hydrogens is 626 g/mol. The topological polar surface area (TPSA) is 30.5 Å². The van der Waals surface area contributed by atoms with Crippen molar-refractivity contribution < 1.29 is 26.3 Å². The molecule has 244 valence electrons. The summed E-state index contributed by atoms with van der Waals surface area (Å²) in [6, 6.07) is 29.2. The lowest BCUT2D eigenvalue weighted by Gasteiger charge is -2.20. The van der Waals surface area contributed by atoms with Crippen molar-refractivity contribution in [3.8, 4) is 0 Å². The van der Waals surface area contributed by atoms with Crippen LogP contribution in [0, 0.1) is 0 Å². The molecule has 0 radical (unpaired) electrons. The van der Waals surface area contributed by atoms with Crippen LogP contribution < -0.4 is 10.9 Å². The molecule has 0 aromatic heterocycles. The quantitative estimate of drug-likeness (QED) is 0.211. The highest BCUT2D eigenvalue weighted by Crippen LogP contribution is 2.49. The van der Waals surface area contributed by atoms with Crippen molar-refractivity contribution in [2.24, 2.45) is 0 Å². The van der Waals surface area contributed by atoms with Gasteiger partial charge in [0, 0.05) is 38.3 Å². The van der Waals surface area contributed by atoms with Crippen LogP contribution >= 0.6 is 0 Å². The zero-order chi connectivity index (χ0) is 33.8. The van der Waals surface area contributed by atoms with E-state index in [4.69, 9.17) is 0 Å². The van der Waals surface area contributed by atoms with E-state index in [0.29, 0.717) is 46.8 Å². The molecular formula is C38H30F6N4. The van der Waals surface area contributed by atoms with Crippen molar-refractivity contribution in [1.82, 2.24) is 20.9 Å². The molecule has 2 aliphatic carbocycles. The van der Waals surface area contributed by atoms with Crippen LogP contribution in [0.4, 0.5) is 26.3 Å². The van der Waals surface area contributed by atoms with Crippen molar-refractivity contribution in [1.29, 1.82) is 0 Å². The fourth-order valence-corrected chi connectivity index (χ4v) is 6.74. The number of alkyl halides is 6. The standard InChI is InChI=1S/2C19H15F3N2/c2*1-24-11-13-8-5-9-14-16(19(20,21)22)10-15(17(13)14)18(23-24)12-6-3-2-4-7-12/h2*2-10,23H,11H2,1H3. The third-order valence-corrected chi connectivity index (χ3v) is 8.69. The molecule has 0 unspecified atom stereocenters. The minimum atomic E-state index is -4.37. The Kier molecular flexibility index (Phi) is 7.80. The first kappa shape index (κ1) is 31.5. The van der Waals surface area contributed by atoms with Gasteiger partial charge in [-0.25, -0.2) is 10.0 Å². The minimum Gasteiger partial charge on any atom is -0.318 e. The molecule has 48 heavy (non-hydrogen) atoms. The SMILES string of the molecule is CN1Cc2cccc3c2C(=C(c2ccccc2)N1)C=C3C(F)(F)F.CN1Cc2cccc3c2C(=C(c2ccccc2)N1)C=C3C(F)(F)F. The molecule has 0 atom stereocenters. The second kappa shape index (κ2) is 11.9. The number of hydrazine groups is 2. The highest BCUT2D eigenvalue weighted by molar-refractivity contribution is 6.08. The summed E-state index contributed by atoms with van der Waals surface area (Å²) < 4.78 is 80.9. The molecule has 10 heteroatoms. The molecule has 0 saturated heterocycles. The monoisotopic (exact) mass is 656 g/mol. The van der Waals surface area contributed by atoms with Gasteiger partial charge in [-0.05, 0) is 56.7 Å². The Labute approximate surface area is 273 Å². The summed E-state index contributed by atoms with van der Waals surface area (Å²) in [4.78, 5) is 0. The second-order valence-corrected chi connectivity index (χ2v) is 12.0. The first-order valence-corrected chi connectivity index (χ1v) is 15.3. The lowest BCUT2D eigenvalue weighted by Crippen LogP contribution is -2.31. The van der Waals surface area contributed by atoms with Crippen LogP contribution in [-0.2, 0) is 13.1 Å². The number of benzene rings is 4. The van der Waals surface area contributed by atoms with E-state index >= 15 is 0 Å². The number of nitrogens with one attached hydrogen (secondary N) is 2. The zero-order valence-electron chi connectivity index (χ0n) is 26.0. The van der Waals surface area contributed by atoms with E-state index in [1.807, 2.05) is 96.9 Å². The maximum Gasteiger partial charge on any atom is 0.417 e. The highest BCUT2D eigenvalue weighted by Gasteiger charge is 2.42. The molecule has 0 spiro atoms. The van der Waals surface area contributed by atoms with Crippen LogP contribution in [0.1, 0.15) is 44.5 Å². The van der Waals surface area contributed by atoms with Crippen molar-refractivity contribution in [3.05, 3.63) is 154 Å². The molecule has 0 bridgehead atoms. The van der Waals surface area contributed by atoms with Gasteiger partial charge in [-0.1, -0.05) is 97.1 Å². The smallest absolute Gasteiger partial charge is 0.318 e. The summed E-state index contributed by atoms with van der Waals surface area (Å²) in [5, 5.41) is 3.79. The van der Waals surface area contributed by atoms with Crippen LogP contribution in [0.25, 0.3) is 33.7 Å². The molecule has 2 N–H and O–H groups in total. The fraction of sp³-hybridized carbons (Fsp3) is 0.158. The summed E-state index contributed by atoms with van der Waals surface area (Å²) in [7, 11) is 3.77. The van der Waals surface area contributed by atoms with Crippen LogP contribution in [-0.4, -0.2) is 36.5 Å². The molecule has 2 aliphatic heterocycles. The zero-order valence-corrected chi connectivity index (χ0v) is 26.0. The van der Waals surface area contributed by atoms with Gasteiger partial charge in [0.05, 0.1) is 22.5 Å². The third kappa shape index (κ3) is 5.71. The van der Waals surface area contributed by atoms with Gasteiger partial charge in [-0.2, -0.15) is 26.3 Å². The van der Waals surface area contributed by atoms with Crippen LogP contribution in [0.2, 0.25) is 0 Å². The van der Waals surface area contributed by atoms with Crippen molar-refractivity contribution in [3.63, 3.8) is 0 Å². The molecule has 2 heterocycles. The van der Waals surface area contributed by atoms with Gasteiger partial charge < -0.3 is 10.9 Å². The average Bonchev–Trinajstić information content (AvgIpc) is 3.56. The Morgan fingerprint density at radius 2 is 0.875 bits per heavy atom. The van der Waals surface area contributed by atoms with E-state index in [9.17, 15) is 26.3 Å². The highest BCUT2D eigenvalue weighted by atomic mass is 19.4. The molecule has 4 aromatic carbocycles. The van der Waals surface area contributed by atoms with E-state index in [1.54, 1.807) is 24.3 Å². The fourth-order valence-electron chi connectivity index (χ4n) is 6.74. The Morgan fingerprint density at radius 3 is 1.23 bits per heavy atom. The second-order valence-electron chi connectivity index (χ2n) is 12.0. The summed E-state index contributed by atoms with van der Waals surface area (Å²) in [6.07, 6.45) is -6.21. The average molecular weight is 657 g/mol. The normalized spacial score (nSPS) is 17.2. The van der Waals surface area contributed by atoms with Crippen LogP contribution in [0.5, 0.6) is 0 Å². The predicted octanol–water partition coefficient (Wildman–Crippen LogP) is 8.93. The number of halogens is 6. The molecule has 4 aliphatic rings. The number of rotatable bonds is 2. The van der Waals surface area contributed by atoms with Gasteiger partial charge in [-0.15, -0.1) is 0 Å². The molecule has 0 fully saturated rings. The van der Waals surface area contributed by atoms with E-state index in [-0.39, 0.29) is 11.1 Å². The van der Waals surface area contributed by atoms with E-state index in [1.165, 1.54) is 12.2 Å². The number of allylic oxidation sites excluding steroid dienone is 6. The minimum absolute atomic E-state index is 0.264. The summed E-state index contributed by atoms with van der Waals surface area (Å²) in [5.41, 5.74) is 13.3. The number of hydrogen-bond acceptors (Lipinski definition) is 4. The van der Waals surface area contributed by atoms with Gasteiger partial charge in [0.1, 0.15) is 0 Å².